The molecule has 106 valence electrons. The number of hydrogen-bond acceptors (Lipinski definition) is 2. The van der Waals surface area contributed by atoms with Gasteiger partial charge in [0.05, 0.1) is 4.47 Å². The monoisotopic (exact) mass is 340 g/mol. The molecule has 1 aliphatic rings. The fourth-order valence-corrected chi connectivity index (χ4v) is 2.59. The average Bonchev–Trinajstić information content (AvgIpc) is 2.39. The Kier molecular flexibility index (Phi) is 4.81. The largest absolute Gasteiger partial charge is 0.314 e. The van der Waals surface area contributed by atoms with Crippen LogP contribution in [0, 0.1) is 11.6 Å². The summed E-state index contributed by atoms with van der Waals surface area (Å²) in [5.41, 5.74) is -0.564. The molecule has 0 unspecified atom stereocenters. The lowest BCUT2D eigenvalue weighted by Gasteiger charge is -2.35. The van der Waals surface area contributed by atoms with Crippen LogP contribution in [0.1, 0.15) is 11.6 Å². The molecule has 0 amide bonds. The van der Waals surface area contributed by atoms with Crippen LogP contribution >= 0.6 is 15.9 Å². The minimum Gasteiger partial charge on any atom is -0.314 e. The first-order valence-corrected chi connectivity index (χ1v) is 6.68. The van der Waals surface area contributed by atoms with E-state index in [-0.39, 0.29) is 4.47 Å². The number of benzene rings is 1. The van der Waals surface area contributed by atoms with Crippen LogP contribution < -0.4 is 5.32 Å². The van der Waals surface area contributed by atoms with E-state index in [4.69, 9.17) is 0 Å². The summed E-state index contributed by atoms with van der Waals surface area (Å²) in [6.07, 6.45) is -2.85. The van der Waals surface area contributed by atoms with Crippen LogP contribution in [-0.2, 0) is 0 Å². The first kappa shape index (κ1) is 14.7. The van der Waals surface area contributed by atoms with Crippen molar-refractivity contribution in [2.45, 2.75) is 12.5 Å². The van der Waals surface area contributed by atoms with Crippen LogP contribution in [0.3, 0.4) is 0 Å². The number of nitrogens with one attached hydrogen (secondary N) is 1. The van der Waals surface area contributed by atoms with Gasteiger partial charge in [-0.15, -0.1) is 0 Å². The second-order valence-corrected chi connectivity index (χ2v) is 5.18. The van der Waals surface area contributed by atoms with E-state index in [2.05, 4.69) is 21.2 Å². The highest BCUT2D eigenvalue weighted by molar-refractivity contribution is 9.10. The van der Waals surface area contributed by atoms with Crippen LogP contribution in [0.15, 0.2) is 16.6 Å². The van der Waals surface area contributed by atoms with Gasteiger partial charge in [0.25, 0.3) is 6.43 Å². The Labute approximate surface area is 116 Å². The first-order chi connectivity index (χ1) is 9.02. The Morgan fingerprint density at radius 1 is 1.16 bits per heavy atom. The van der Waals surface area contributed by atoms with Gasteiger partial charge in [-0.1, -0.05) is 0 Å². The van der Waals surface area contributed by atoms with Crippen LogP contribution in [0.4, 0.5) is 17.6 Å². The maximum absolute atomic E-state index is 14.0. The fraction of sp³-hybridized carbons (Fsp3) is 0.500. The molecule has 2 rings (SSSR count). The molecule has 1 fully saturated rings. The molecule has 1 saturated heterocycles. The molecule has 1 N–H and O–H groups in total. The zero-order valence-electron chi connectivity index (χ0n) is 9.97. The van der Waals surface area contributed by atoms with E-state index in [0.29, 0.717) is 26.2 Å². The standard InChI is InChI=1S/C12H13BrF4N2/c13-7-1-2-8(14)9(10(7)15)11(12(16)17)19-5-3-18-4-6-19/h1-2,11-12,18H,3-6H2/t11-/m1/s1. The molecule has 1 aliphatic heterocycles. The molecule has 1 aromatic carbocycles. The van der Waals surface area contributed by atoms with Crippen molar-refractivity contribution >= 4 is 15.9 Å². The minimum absolute atomic E-state index is 0.00955. The summed E-state index contributed by atoms with van der Waals surface area (Å²) in [7, 11) is 0. The summed E-state index contributed by atoms with van der Waals surface area (Å²) in [6, 6.07) is 0.619. The lowest BCUT2D eigenvalue weighted by molar-refractivity contribution is 0.0144. The van der Waals surface area contributed by atoms with Gasteiger partial charge in [0.1, 0.15) is 17.7 Å². The molecular weight excluding hydrogens is 328 g/mol. The van der Waals surface area contributed by atoms with Crippen LogP contribution in [0.5, 0.6) is 0 Å². The maximum Gasteiger partial charge on any atom is 0.258 e. The van der Waals surface area contributed by atoms with Gasteiger partial charge in [-0.05, 0) is 28.1 Å². The molecule has 19 heavy (non-hydrogen) atoms. The van der Waals surface area contributed by atoms with Gasteiger partial charge in [-0.25, -0.2) is 17.6 Å². The first-order valence-electron chi connectivity index (χ1n) is 5.88. The van der Waals surface area contributed by atoms with Crippen molar-refractivity contribution in [1.29, 1.82) is 0 Å². The summed E-state index contributed by atoms with van der Waals surface area (Å²) < 4.78 is 54.2. The zero-order chi connectivity index (χ0) is 14.0. The molecule has 1 atom stereocenters. The molecule has 0 aliphatic carbocycles. The molecule has 0 aromatic heterocycles. The highest BCUT2D eigenvalue weighted by Crippen LogP contribution is 2.34. The number of hydrogen-bond donors (Lipinski definition) is 1. The summed E-state index contributed by atoms with van der Waals surface area (Å²) >= 11 is 2.90. The maximum atomic E-state index is 14.0. The number of alkyl halides is 2. The van der Waals surface area contributed by atoms with Crippen molar-refractivity contribution in [1.82, 2.24) is 10.2 Å². The Morgan fingerprint density at radius 2 is 1.79 bits per heavy atom. The van der Waals surface area contributed by atoms with Gasteiger partial charge in [0.15, 0.2) is 0 Å². The Bertz CT molecular complexity index is 450. The van der Waals surface area contributed by atoms with Crippen LogP contribution in [0.25, 0.3) is 0 Å². The van der Waals surface area contributed by atoms with Gasteiger partial charge >= 0.3 is 0 Å². The summed E-state index contributed by atoms with van der Waals surface area (Å²) in [6.45, 7) is 1.72. The second kappa shape index (κ2) is 6.19. The van der Waals surface area contributed by atoms with E-state index >= 15 is 0 Å². The second-order valence-electron chi connectivity index (χ2n) is 4.32. The summed E-state index contributed by atoms with van der Waals surface area (Å²) in [4.78, 5) is 1.41. The van der Waals surface area contributed by atoms with Crippen molar-refractivity contribution in [2.24, 2.45) is 0 Å². The summed E-state index contributed by atoms with van der Waals surface area (Å²) in [5, 5.41) is 3.02. The van der Waals surface area contributed by atoms with Gasteiger partial charge in [-0.3, -0.25) is 4.90 Å². The zero-order valence-corrected chi connectivity index (χ0v) is 11.6. The van der Waals surface area contributed by atoms with Gasteiger partial charge in [0, 0.05) is 31.7 Å². The molecule has 0 saturated carbocycles. The smallest absolute Gasteiger partial charge is 0.258 e. The van der Waals surface area contributed by atoms with Crippen molar-refractivity contribution < 1.29 is 17.6 Å². The molecule has 1 heterocycles. The van der Waals surface area contributed by atoms with Crippen molar-refractivity contribution in [3.8, 4) is 0 Å². The number of piperazine rings is 1. The number of halogens is 5. The van der Waals surface area contributed by atoms with E-state index < -0.39 is 29.7 Å². The van der Waals surface area contributed by atoms with E-state index in [1.807, 2.05) is 0 Å². The number of nitrogens with zero attached hydrogens (tertiary/aromatic N) is 1. The molecule has 0 bridgehead atoms. The molecule has 0 radical (unpaired) electrons. The van der Waals surface area contributed by atoms with Crippen molar-refractivity contribution in [2.75, 3.05) is 26.2 Å². The van der Waals surface area contributed by atoms with Gasteiger partial charge in [-0.2, -0.15) is 0 Å². The van der Waals surface area contributed by atoms with E-state index in [9.17, 15) is 17.6 Å². The highest BCUT2D eigenvalue weighted by atomic mass is 79.9. The van der Waals surface area contributed by atoms with Crippen LogP contribution in [0.2, 0.25) is 0 Å². The molecular formula is C12H13BrF4N2. The summed E-state index contributed by atoms with van der Waals surface area (Å²) in [5.74, 6) is -1.90. The SMILES string of the molecule is Fc1ccc(Br)c(F)c1[C@H](C(F)F)N1CCNCC1. The Morgan fingerprint density at radius 3 is 2.37 bits per heavy atom. The Balaban J connectivity index is 2.41. The molecule has 1 aromatic rings. The Hall–Kier alpha value is -0.660. The third-order valence-corrected chi connectivity index (χ3v) is 3.77. The van der Waals surface area contributed by atoms with E-state index in [0.717, 1.165) is 6.07 Å². The van der Waals surface area contributed by atoms with E-state index in [1.54, 1.807) is 0 Å². The number of rotatable bonds is 3. The average molecular weight is 341 g/mol. The minimum atomic E-state index is -2.85. The van der Waals surface area contributed by atoms with Crippen molar-refractivity contribution in [3.63, 3.8) is 0 Å². The quantitative estimate of drug-likeness (QED) is 0.672. The predicted molar refractivity (Wildman–Crippen MR) is 67.2 cm³/mol. The lowest BCUT2D eigenvalue weighted by atomic mass is 10.0. The topological polar surface area (TPSA) is 15.3 Å². The molecule has 2 nitrogen and oxygen atoms in total. The fourth-order valence-electron chi connectivity index (χ4n) is 2.24. The van der Waals surface area contributed by atoms with Crippen molar-refractivity contribution in [3.05, 3.63) is 33.8 Å². The predicted octanol–water partition coefficient (Wildman–Crippen LogP) is 2.94. The third kappa shape index (κ3) is 3.09. The molecule has 0 spiro atoms. The normalized spacial score (nSPS) is 18.8. The highest BCUT2D eigenvalue weighted by Gasteiger charge is 2.35. The van der Waals surface area contributed by atoms with Crippen LogP contribution in [-0.4, -0.2) is 37.5 Å². The lowest BCUT2D eigenvalue weighted by Crippen LogP contribution is -2.47. The molecule has 7 heteroatoms. The van der Waals surface area contributed by atoms with E-state index in [1.165, 1.54) is 11.0 Å². The van der Waals surface area contributed by atoms with Gasteiger partial charge in [0.2, 0.25) is 0 Å². The van der Waals surface area contributed by atoms with Gasteiger partial charge < -0.3 is 5.32 Å². The third-order valence-electron chi connectivity index (χ3n) is 3.16.